The van der Waals surface area contributed by atoms with Crippen LogP contribution in [0.25, 0.3) is 0 Å². The summed E-state index contributed by atoms with van der Waals surface area (Å²) in [4.78, 5) is 23.0. The average Bonchev–Trinajstić information content (AvgIpc) is 2.57. The number of amides is 1. The maximum atomic E-state index is 11.6. The fourth-order valence-electron chi connectivity index (χ4n) is 2.39. The van der Waals surface area contributed by atoms with Gasteiger partial charge in [-0.2, -0.15) is 0 Å². The molecule has 1 aromatic carbocycles. The summed E-state index contributed by atoms with van der Waals surface area (Å²) < 4.78 is 0. The smallest absolute Gasteiger partial charge is 0.312 e. The monoisotopic (exact) mass is 274 g/mol. The maximum Gasteiger partial charge on any atom is 0.312 e. The van der Waals surface area contributed by atoms with Crippen molar-refractivity contribution in [2.24, 2.45) is 11.7 Å². The number of carbonyl (C=O) groups excluding carboxylic acids is 1. The summed E-state index contributed by atoms with van der Waals surface area (Å²) in [6.45, 7) is 0.428. The lowest BCUT2D eigenvalue weighted by molar-refractivity contribution is -0.143. The van der Waals surface area contributed by atoms with Crippen LogP contribution in [0.4, 0.5) is 0 Å². The van der Waals surface area contributed by atoms with Crippen molar-refractivity contribution in [3.63, 3.8) is 0 Å². The first kappa shape index (κ1) is 14.3. The largest absolute Gasteiger partial charge is 0.481 e. The van der Waals surface area contributed by atoms with Crippen molar-refractivity contribution in [2.75, 3.05) is 6.54 Å². The van der Waals surface area contributed by atoms with E-state index in [0.717, 1.165) is 5.56 Å². The molecule has 0 aromatic heterocycles. The third-order valence-electron chi connectivity index (χ3n) is 3.48. The van der Waals surface area contributed by atoms with Crippen LogP contribution >= 0.6 is 0 Å². The van der Waals surface area contributed by atoms with Crippen LogP contribution in [0, 0.1) is 5.92 Å². The third-order valence-corrected chi connectivity index (χ3v) is 3.48. The number of carboxylic acids is 1. The lowest BCUT2D eigenvalue weighted by Gasteiger charge is -2.18. The number of carbonyl (C=O) groups is 2. The van der Waals surface area contributed by atoms with Crippen LogP contribution in [0.5, 0.6) is 0 Å². The zero-order chi connectivity index (χ0) is 14.5. The van der Waals surface area contributed by atoms with E-state index in [4.69, 9.17) is 5.73 Å². The van der Waals surface area contributed by atoms with Crippen LogP contribution in [-0.4, -0.2) is 29.6 Å². The van der Waals surface area contributed by atoms with E-state index < -0.39 is 23.8 Å². The molecule has 0 bridgehead atoms. The molecule has 1 amide bonds. The van der Waals surface area contributed by atoms with Crippen molar-refractivity contribution < 1.29 is 14.7 Å². The first-order valence-electron chi connectivity index (χ1n) is 6.58. The second kappa shape index (κ2) is 6.34. The number of rotatable bonds is 3. The number of benzene rings is 1. The van der Waals surface area contributed by atoms with Crippen LogP contribution in [0.15, 0.2) is 42.0 Å². The van der Waals surface area contributed by atoms with Crippen molar-refractivity contribution in [2.45, 2.75) is 18.9 Å². The number of aliphatic carboxylic acids is 1. The molecule has 1 unspecified atom stereocenters. The molecule has 5 heteroatoms. The molecule has 1 saturated heterocycles. The molecular formula is C15H18N2O3. The number of hydrogen-bond acceptors (Lipinski definition) is 3. The van der Waals surface area contributed by atoms with Gasteiger partial charge in [0.25, 0.3) is 0 Å². The first-order chi connectivity index (χ1) is 9.59. The maximum absolute atomic E-state index is 11.6. The molecule has 2 atom stereocenters. The van der Waals surface area contributed by atoms with E-state index in [1.165, 1.54) is 0 Å². The average molecular weight is 274 g/mol. The van der Waals surface area contributed by atoms with E-state index in [1.54, 1.807) is 0 Å². The van der Waals surface area contributed by atoms with Gasteiger partial charge in [0.1, 0.15) is 12.0 Å². The number of hydrogen-bond donors (Lipinski definition) is 3. The Morgan fingerprint density at radius 2 is 2.10 bits per heavy atom. The molecule has 2 rings (SSSR count). The standard InChI is InChI=1S/C15H18N2O3/c16-13-12(15(19)20)11(8-9-17-14(13)18)7-6-10-4-2-1-3-5-10/h1-5,7,12-13H,6,8-9,16H2,(H,17,18)(H,19,20)/t12?,13-/m0/s1. The van der Waals surface area contributed by atoms with Gasteiger partial charge in [0.15, 0.2) is 0 Å². The number of carboxylic acid groups (broad SMARTS) is 1. The molecule has 106 valence electrons. The van der Waals surface area contributed by atoms with Crippen molar-refractivity contribution in [1.82, 2.24) is 5.32 Å². The summed E-state index contributed by atoms with van der Waals surface area (Å²) >= 11 is 0. The Bertz CT molecular complexity index is 525. The normalized spacial score (nSPS) is 25.1. The van der Waals surface area contributed by atoms with Crippen LogP contribution in [0.2, 0.25) is 0 Å². The lowest BCUT2D eigenvalue weighted by atomic mass is 9.89. The number of nitrogens with two attached hydrogens (primary N) is 1. The van der Waals surface area contributed by atoms with E-state index in [1.807, 2.05) is 36.4 Å². The fourth-order valence-corrected chi connectivity index (χ4v) is 2.39. The van der Waals surface area contributed by atoms with Gasteiger partial charge >= 0.3 is 5.97 Å². The van der Waals surface area contributed by atoms with Gasteiger partial charge in [0.2, 0.25) is 5.91 Å². The zero-order valence-corrected chi connectivity index (χ0v) is 11.1. The molecule has 0 spiro atoms. The summed E-state index contributed by atoms with van der Waals surface area (Å²) in [5.41, 5.74) is 7.56. The Kier molecular flexibility index (Phi) is 4.53. The van der Waals surface area contributed by atoms with Gasteiger partial charge in [0.05, 0.1) is 0 Å². The van der Waals surface area contributed by atoms with E-state index in [2.05, 4.69) is 5.32 Å². The van der Waals surface area contributed by atoms with E-state index in [9.17, 15) is 14.7 Å². The van der Waals surface area contributed by atoms with E-state index >= 15 is 0 Å². The molecule has 20 heavy (non-hydrogen) atoms. The second-order valence-corrected chi connectivity index (χ2v) is 4.85. The molecular weight excluding hydrogens is 256 g/mol. The molecule has 1 aliphatic rings. The Hall–Kier alpha value is -2.14. The molecule has 1 aliphatic heterocycles. The molecule has 1 aromatic rings. The molecule has 4 N–H and O–H groups in total. The molecule has 0 aliphatic carbocycles. The Balaban J connectivity index is 2.22. The van der Waals surface area contributed by atoms with Crippen LogP contribution in [0.1, 0.15) is 12.0 Å². The Morgan fingerprint density at radius 1 is 1.40 bits per heavy atom. The quantitative estimate of drug-likeness (QED) is 0.708. The highest BCUT2D eigenvalue weighted by molar-refractivity contribution is 5.89. The third kappa shape index (κ3) is 3.24. The second-order valence-electron chi connectivity index (χ2n) is 4.85. The predicted molar refractivity (Wildman–Crippen MR) is 75.0 cm³/mol. The van der Waals surface area contributed by atoms with Crippen molar-refractivity contribution >= 4 is 11.9 Å². The summed E-state index contributed by atoms with van der Waals surface area (Å²) in [5.74, 6) is -2.39. The van der Waals surface area contributed by atoms with Crippen molar-refractivity contribution in [3.05, 3.63) is 47.5 Å². The Morgan fingerprint density at radius 3 is 2.75 bits per heavy atom. The topological polar surface area (TPSA) is 92.4 Å². The van der Waals surface area contributed by atoms with Gasteiger partial charge in [-0.3, -0.25) is 9.59 Å². The van der Waals surface area contributed by atoms with Gasteiger partial charge < -0.3 is 16.2 Å². The van der Waals surface area contributed by atoms with E-state index in [0.29, 0.717) is 25.0 Å². The highest BCUT2D eigenvalue weighted by Gasteiger charge is 2.35. The lowest BCUT2D eigenvalue weighted by Crippen LogP contribution is -2.46. The summed E-state index contributed by atoms with van der Waals surface area (Å²) in [6, 6.07) is 8.73. The zero-order valence-electron chi connectivity index (χ0n) is 11.1. The number of allylic oxidation sites excluding steroid dienone is 1. The first-order valence-corrected chi connectivity index (χ1v) is 6.58. The minimum atomic E-state index is -1.05. The molecule has 0 radical (unpaired) electrons. The SMILES string of the molecule is N[C@@H]1C(=O)NCCC(=CCc2ccccc2)C1C(=O)O. The van der Waals surface area contributed by atoms with Crippen molar-refractivity contribution in [1.29, 1.82) is 0 Å². The fraction of sp³-hybridized carbons (Fsp3) is 0.333. The molecule has 0 saturated carbocycles. The van der Waals surface area contributed by atoms with Crippen LogP contribution in [-0.2, 0) is 16.0 Å². The van der Waals surface area contributed by atoms with Crippen LogP contribution in [0.3, 0.4) is 0 Å². The summed E-state index contributed by atoms with van der Waals surface area (Å²) in [5, 5.41) is 12.0. The highest BCUT2D eigenvalue weighted by Crippen LogP contribution is 2.22. The van der Waals surface area contributed by atoms with Gasteiger partial charge in [-0.1, -0.05) is 42.0 Å². The number of nitrogens with one attached hydrogen (secondary N) is 1. The minimum absolute atomic E-state index is 0.402. The van der Waals surface area contributed by atoms with Crippen molar-refractivity contribution in [3.8, 4) is 0 Å². The Labute approximate surface area is 117 Å². The van der Waals surface area contributed by atoms with Gasteiger partial charge in [-0.05, 0) is 18.4 Å². The van der Waals surface area contributed by atoms with Gasteiger partial charge in [-0.15, -0.1) is 0 Å². The molecule has 1 heterocycles. The molecule has 1 fully saturated rings. The minimum Gasteiger partial charge on any atom is -0.481 e. The summed E-state index contributed by atoms with van der Waals surface area (Å²) in [6.07, 6.45) is 3.04. The van der Waals surface area contributed by atoms with E-state index in [-0.39, 0.29) is 0 Å². The van der Waals surface area contributed by atoms with Gasteiger partial charge in [0, 0.05) is 6.54 Å². The molecule has 5 nitrogen and oxygen atoms in total. The summed E-state index contributed by atoms with van der Waals surface area (Å²) in [7, 11) is 0. The highest BCUT2D eigenvalue weighted by atomic mass is 16.4. The van der Waals surface area contributed by atoms with Gasteiger partial charge in [-0.25, -0.2) is 0 Å². The van der Waals surface area contributed by atoms with Crippen LogP contribution < -0.4 is 11.1 Å². The predicted octanol–water partition coefficient (Wildman–Crippen LogP) is 0.703.